The number of hydrogen-bond donors (Lipinski definition) is 0. The monoisotopic (exact) mass is 263 g/mol. The van der Waals surface area contributed by atoms with E-state index >= 15 is 0 Å². The molecule has 0 aliphatic rings. The Morgan fingerprint density at radius 3 is 2.83 bits per heavy atom. The van der Waals surface area contributed by atoms with Gasteiger partial charge in [0.2, 0.25) is 0 Å². The molecule has 18 heavy (non-hydrogen) atoms. The van der Waals surface area contributed by atoms with Crippen LogP contribution in [-0.2, 0) is 0 Å². The molecule has 0 saturated heterocycles. The minimum absolute atomic E-state index is 0.266. The van der Waals surface area contributed by atoms with Gasteiger partial charge in [0, 0.05) is 0 Å². The zero-order valence-corrected chi connectivity index (χ0v) is 12.0. The van der Waals surface area contributed by atoms with Crippen LogP contribution >= 0.6 is 11.3 Å². The second-order valence-corrected chi connectivity index (χ2v) is 5.72. The van der Waals surface area contributed by atoms with Crippen LogP contribution in [0.4, 0.5) is 0 Å². The Hall–Kier alpha value is -1.09. The summed E-state index contributed by atoms with van der Waals surface area (Å²) in [5, 5.41) is 0.805. The van der Waals surface area contributed by atoms with Gasteiger partial charge in [-0.05, 0) is 31.9 Å². The fourth-order valence-corrected chi connectivity index (χ4v) is 2.90. The maximum absolute atomic E-state index is 5.89. The lowest BCUT2D eigenvalue weighted by molar-refractivity contribution is 0.206. The summed E-state index contributed by atoms with van der Waals surface area (Å²) in [4.78, 5) is 4.49. The van der Waals surface area contributed by atoms with Gasteiger partial charge in [0.05, 0.1) is 16.3 Å². The molecule has 0 aliphatic carbocycles. The maximum atomic E-state index is 5.89. The number of rotatable bonds is 7. The predicted molar refractivity (Wildman–Crippen MR) is 78.5 cm³/mol. The number of benzene rings is 1. The van der Waals surface area contributed by atoms with Crippen LogP contribution in [0.5, 0.6) is 5.19 Å². The fraction of sp³-hybridized carbons (Fsp3) is 0.533. The van der Waals surface area contributed by atoms with Crippen molar-refractivity contribution in [1.29, 1.82) is 0 Å². The first-order valence-corrected chi connectivity index (χ1v) is 7.63. The van der Waals surface area contributed by atoms with Crippen LogP contribution in [0.25, 0.3) is 10.2 Å². The molecule has 2 rings (SSSR count). The average molecular weight is 263 g/mol. The van der Waals surface area contributed by atoms with Gasteiger partial charge in [-0.3, -0.25) is 0 Å². The van der Waals surface area contributed by atoms with Crippen molar-refractivity contribution >= 4 is 21.6 Å². The second-order valence-electron chi connectivity index (χ2n) is 4.73. The first kappa shape index (κ1) is 13.3. The van der Waals surface area contributed by atoms with Crippen molar-refractivity contribution in [2.24, 2.45) is 0 Å². The van der Waals surface area contributed by atoms with Crippen LogP contribution in [0.2, 0.25) is 0 Å². The number of para-hydroxylation sites is 1. The number of thiazole rings is 1. The van der Waals surface area contributed by atoms with Crippen molar-refractivity contribution in [2.45, 2.75) is 52.1 Å². The number of nitrogens with zero attached hydrogens (tertiary/aromatic N) is 1. The third kappa shape index (κ3) is 3.70. The highest BCUT2D eigenvalue weighted by Crippen LogP contribution is 2.28. The summed E-state index contributed by atoms with van der Waals surface area (Å²) in [7, 11) is 0. The van der Waals surface area contributed by atoms with Gasteiger partial charge in [0.15, 0.2) is 0 Å². The van der Waals surface area contributed by atoms with Gasteiger partial charge in [-0.1, -0.05) is 49.7 Å². The van der Waals surface area contributed by atoms with E-state index < -0.39 is 0 Å². The Morgan fingerprint density at radius 2 is 2.06 bits per heavy atom. The number of unbranched alkanes of at least 4 members (excludes halogenated alkanes) is 3. The summed E-state index contributed by atoms with van der Waals surface area (Å²) < 4.78 is 7.09. The molecule has 0 bridgehead atoms. The third-order valence-corrected chi connectivity index (χ3v) is 3.97. The summed E-state index contributed by atoms with van der Waals surface area (Å²) in [6.45, 7) is 4.37. The summed E-state index contributed by atoms with van der Waals surface area (Å²) in [5.74, 6) is 0. The van der Waals surface area contributed by atoms with Crippen molar-refractivity contribution < 1.29 is 4.74 Å². The zero-order chi connectivity index (χ0) is 12.8. The van der Waals surface area contributed by atoms with Crippen LogP contribution in [0.3, 0.4) is 0 Å². The molecule has 1 heterocycles. The molecular weight excluding hydrogens is 242 g/mol. The molecule has 2 aromatic rings. The summed E-state index contributed by atoms with van der Waals surface area (Å²) >= 11 is 1.64. The highest BCUT2D eigenvalue weighted by molar-refractivity contribution is 7.20. The first-order chi connectivity index (χ1) is 8.79. The van der Waals surface area contributed by atoms with Crippen molar-refractivity contribution in [3.8, 4) is 5.19 Å². The molecule has 1 aromatic heterocycles. The SMILES string of the molecule is CCCCCC[C@H](C)Oc1nc2ccccc2s1. The lowest BCUT2D eigenvalue weighted by Gasteiger charge is -2.11. The highest BCUT2D eigenvalue weighted by atomic mass is 32.1. The Bertz CT molecular complexity index is 447. The molecule has 98 valence electrons. The van der Waals surface area contributed by atoms with Gasteiger partial charge in [-0.15, -0.1) is 0 Å². The van der Waals surface area contributed by atoms with E-state index in [1.165, 1.54) is 30.4 Å². The number of hydrogen-bond acceptors (Lipinski definition) is 3. The topological polar surface area (TPSA) is 22.1 Å². The minimum Gasteiger partial charge on any atom is -0.467 e. The van der Waals surface area contributed by atoms with E-state index in [0.717, 1.165) is 17.1 Å². The van der Waals surface area contributed by atoms with E-state index in [1.54, 1.807) is 11.3 Å². The standard InChI is InChI=1S/C15H21NOS/c1-3-4-5-6-9-12(2)17-15-16-13-10-7-8-11-14(13)18-15/h7-8,10-12H,3-6,9H2,1-2H3/t12-/m0/s1. The number of ether oxygens (including phenoxy) is 1. The van der Waals surface area contributed by atoms with Crippen molar-refractivity contribution in [3.05, 3.63) is 24.3 Å². The summed E-state index contributed by atoms with van der Waals surface area (Å²) in [6.07, 6.45) is 6.56. The Kier molecular flexibility index (Phi) is 5.00. The van der Waals surface area contributed by atoms with E-state index in [1.807, 2.05) is 18.2 Å². The highest BCUT2D eigenvalue weighted by Gasteiger charge is 2.08. The minimum atomic E-state index is 0.266. The van der Waals surface area contributed by atoms with Gasteiger partial charge >= 0.3 is 0 Å². The normalized spacial score (nSPS) is 12.8. The van der Waals surface area contributed by atoms with Crippen LogP contribution in [0.15, 0.2) is 24.3 Å². The van der Waals surface area contributed by atoms with Crippen LogP contribution < -0.4 is 4.74 Å². The molecule has 0 unspecified atom stereocenters. The van der Waals surface area contributed by atoms with Crippen molar-refractivity contribution in [2.75, 3.05) is 0 Å². The van der Waals surface area contributed by atoms with E-state index in [9.17, 15) is 0 Å². The molecule has 1 atom stereocenters. The maximum Gasteiger partial charge on any atom is 0.274 e. The summed E-state index contributed by atoms with van der Waals surface area (Å²) in [6, 6.07) is 8.18. The Labute approximate surface area is 113 Å². The molecule has 0 fully saturated rings. The Balaban J connectivity index is 1.84. The zero-order valence-electron chi connectivity index (χ0n) is 11.2. The number of fused-ring (bicyclic) bond motifs is 1. The molecule has 3 heteroatoms. The van der Waals surface area contributed by atoms with E-state index in [-0.39, 0.29) is 6.10 Å². The van der Waals surface area contributed by atoms with Crippen LogP contribution in [0, 0.1) is 0 Å². The molecule has 1 aromatic carbocycles. The lowest BCUT2D eigenvalue weighted by Crippen LogP contribution is -2.11. The second kappa shape index (κ2) is 6.74. The van der Waals surface area contributed by atoms with Crippen molar-refractivity contribution in [1.82, 2.24) is 4.98 Å². The molecule has 0 saturated carbocycles. The van der Waals surface area contributed by atoms with Gasteiger partial charge in [-0.25, -0.2) is 4.98 Å². The molecule has 2 nitrogen and oxygen atoms in total. The van der Waals surface area contributed by atoms with Gasteiger partial charge in [0.25, 0.3) is 5.19 Å². The Morgan fingerprint density at radius 1 is 1.22 bits per heavy atom. The van der Waals surface area contributed by atoms with Crippen LogP contribution in [-0.4, -0.2) is 11.1 Å². The van der Waals surface area contributed by atoms with E-state index in [4.69, 9.17) is 4.74 Å². The average Bonchev–Trinajstić information content (AvgIpc) is 2.76. The molecule has 0 spiro atoms. The fourth-order valence-electron chi connectivity index (χ4n) is 1.99. The van der Waals surface area contributed by atoms with Gasteiger partial charge in [-0.2, -0.15) is 0 Å². The van der Waals surface area contributed by atoms with Crippen LogP contribution in [0.1, 0.15) is 46.0 Å². The molecule has 0 aliphatic heterocycles. The quantitative estimate of drug-likeness (QED) is 0.653. The third-order valence-electron chi connectivity index (χ3n) is 3.04. The summed E-state index contributed by atoms with van der Waals surface area (Å²) in [5.41, 5.74) is 1.04. The predicted octanol–water partition coefficient (Wildman–Crippen LogP) is 5.03. The molecule has 0 N–H and O–H groups in total. The largest absolute Gasteiger partial charge is 0.467 e. The molecule has 0 amide bonds. The van der Waals surface area contributed by atoms with E-state index in [2.05, 4.69) is 24.9 Å². The van der Waals surface area contributed by atoms with E-state index in [0.29, 0.717) is 0 Å². The van der Waals surface area contributed by atoms with Gasteiger partial charge < -0.3 is 4.74 Å². The number of aromatic nitrogens is 1. The first-order valence-electron chi connectivity index (χ1n) is 6.82. The smallest absolute Gasteiger partial charge is 0.274 e. The molecule has 0 radical (unpaired) electrons. The van der Waals surface area contributed by atoms with Gasteiger partial charge in [0.1, 0.15) is 0 Å². The lowest BCUT2D eigenvalue weighted by atomic mass is 10.1. The van der Waals surface area contributed by atoms with Crippen molar-refractivity contribution in [3.63, 3.8) is 0 Å². The molecular formula is C15H21NOS.